The molecule has 4 aromatic carbocycles. The van der Waals surface area contributed by atoms with E-state index in [1.165, 1.54) is 41.3 Å². The van der Waals surface area contributed by atoms with E-state index < -0.39 is 46.2 Å². The Labute approximate surface area is 275 Å². The van der Waals surface area contributed by atoms with E-state index in [0.717, 1.165) is 12.1 Å². The molecule has 0 fully saturated rings. The van der Waals surface area contributed by atoms with Gasteiger partial charge in [0.2, 0.25) is 11.8 Å². The van der Waals surface area contributed by atoms with Crippen LogP contribution in [0.2, 0.25) is 10.0 Å². The first-order chi connectivity index (χ1) is 21.8. The number of nitrogens with zero attached hydrogens (tertiary/aromatic N) is 2. The summed E-state index contributed by atoms with van der Waals surface area (Å²) < 4.78 is 69.7. The maximum Gasteiger partial charge on any atom is 0.416 e. The number of hydrogen-bond acceptors (Lipinski definition) is 4. The van der Waals surface area contributed by atoms with Gasteiger partial charge in [-0.2, -0.15) is 13.2 Å². The summed E-state index contributed by atoms with van der Waals surface area (Å²) in [6.45, 7) is 0.799. The summed E-state index contributed by atoms with van der Waals surface area (Å²) in [6, 6.07) is 23.1. The molecule has 0 aliphatic heterocycles. The predicted molar refractivity (Wildman–Crippen MR) is 172 cm³/mol. The van der Waals surface area contributed by atoms with E-state index in [1.807, 2.05) is 0 Å². The van der Waals surface area contributed by atoms with Crippen molar-refractivity contribution in [2.75, 3.05) is 17.4 Å². The lowest BCUT2D eigenvalue weighted by Gasteiger charge is -2.34. The van der Waals surface area contributed by atoms with Crippen LogP contribution in [0.1, 0.15) is 23.6 Å². The first-order valence-electron chi connectivity index (χ1n) is 14.1. The molecule has 0 radical (unpaired) electrons. The number of amides is 2. The molecule has 0 aromatic heterocycles. The number of rotatable bonds is 12. The molecule has 0 saturated heterocycles. The number of carbonyl (C=O) groups excluding carboxylic acids is 2. The average molecular weight is 693 g/mol. The standard InChI is InChI=1S/C33H30Cl2F3N3O4S/c1-2-39-32(43)30(18-23-10-5-3-6-11-23)40(21-24-16-17-26(34)20-29(24)35)31(42)22-41(46(44,45)28-14-7-4-8-15-28)27-13-9-12-25(19-27)33(36,37)38/h3-17,19-20,30H,2,18,21-22H2,1H3,(H,39,43)/t30-/m1/s1. The second-order valence-electron chi connectivity index (χ2n) is 10.2. The van der Waals surface area contributed by atoms with Crippen LogP contribution in [0, 0.1) is 0 Å². The van der Waals surface area contributed by atoms with Crippen LogP contribution in [0.4, 0.5) is 18.9 Å². The second-order valence-corrected chi connectivity index (χ2v) is 12.9. The van der Waals surface area contributed by atoms with Gasteiger partial charge in [-0.1, -0.05) is 83.9 Å². The monoisotopic (exact) mass is 691 g/mol. The summed E-state index contributed by atoms with van der Waals surface area (Å²) in [5.41, 5.74) is -0.349. The molecule has 0 spiro atoms. The summed E-state index contributed by atoms with van der Waals surface area (Å²) in [7, 11) is -4.57. The fourth-order valence-corrected chi connectivity index (χ4v) is 6.66. The van der Waals surface area contributed by atoms with Crippen LogP contribution in [0.25, 0.3) is 0 Å². The van der Waals surface area contributed by atoms with Crippen LogP contribution >= 0.6 is 23.2 Å². The third-order valence-corrected chi connectivity index (χ3v) is 9.42. The predicted octanol–water partition coefficient (Wildman–Crippen LogP) is 6.98. The fraction of sp³-hybridized carbons (Fsp3) is 0.212. The van der Waals surface area contributed by atoms with E-state index in [4.69, 9.17) is 23.2 Å². The van der Waals surface area contributed by atoms with Gasteiger partial charge in [-0.15, -0.1) is 0 Å². The zero-order valence-corrected chi connectivity index (χ0v) is 26.9. The number of anilines is 1. The Morgan fingerprint density at radius 2 is 1.52 bits per heavy atom. The molecular formula is C33H30Cl2F3N3O4S. The minimum Gasteiger partial charge on any atom is -0.355 e. The molecule has 7 nitrogen and oxygen atoms in total. The highest BCUT2D eigenvalue weighted by atomic mass is 35.5. The molecule has 0 bridgehead atoms. The van der Waals surface area contributed by atoms with E-state index in [-0.39, 0.29) is 35.1 Å². The van der Waals surface area contributed by atoms with Crippen LogP contribution in [0.5, 0.6) is 0 Å². The maximum atomic E-state index is 14.4. The third-order valence-electron chi connectivity index (χ3n) is 7.05. The number of likely N-dealkylation sites (N-methyl/N-ethyl adjacent to an activating group) is 1. The van der Waals surface area contributed by atoms with Gasteiger partial charge in [-0.3, -0.25) is 13.9 Å². The van der Waals surface area contributed by atoms with Crippen molar-refractivity contribution < 1.29 is 31.2 Å². The molecular weight excluding hydrogens is 662 g/mol. The van der Waals surface area contributed by atoms with E-state index in [0.29, 0.717) is 26.5 Å². The highest BCUT2D eigenvalue weighted by Gasteiger charge is 2.36. The Kier molecular flexibility index (Phi) is 11.4. The third kappa shape index (κ3) is 8.60. The molecule has 2 amide bonds. The van der Waals surface area contributed by atoms with Crippen molar-refractivity contribution in [3.63, 3.8) is 0 Å². The summed E-state index contributed by atoms with van der Waals surface area (Å²) >= 11 is 12.5. The first-order valence-corrected chi connectivity index (χ1v) is 16.3. The SMILES string of the molecule is CCNC(=O)[C@@H](Cc1ccccc1)N(Cc1ccc(Cl)cc1Cl)C(=O)CN(c1cccc(C(F)(F)F)c1)S(=O)(=O)c1ccccc1. The van der Waals surface area contributed by atoms with Crippen molar-refractivity contribution in [2.24, 2.45) is 0 Å². The minimum atomic E-state index is -4.78. The lowest BCUT2D eigenvalue weighted by molar-refractivity contribution is -0.140. The lowest BCUT2D eigenvalue weighted by Crippen LogP contribution is -2.53. The molecule has 1 N–H and O–H groups in total. The van der Waals surface area contributed by atoms with Crippen LogP contribution in [-0.2, 0) is 38.8 Å². The zero-order valence-electron chi connectivity index (χ0n) is 24.5. The van der Waals surface area contributed by atoms with Crippen molar-refractivity contribution in [1.82, 2.24) is 10.2 Å². The molecule has 0 heterocycles. The Morgan fingerprint density at radius 1 is 0.870 bits per heavy atom. The molecule has 0 saturated carbocycles. The largest absolute Gasteiger partial charge is 0.416 e. The number of sulfonamides is 1. The molecule has 46 heavy (non-hydrogen) atoms. The molecule has 0 unspecified atom stereocenters. The van der Waals surface area contributed by atoms with Gasteiger partial charge in [0.05, 0.1) is 16.1 Å². The molecule has 0 aliphatic rings. The van der Waals surface area contributed by atoms with Gasteiger partial charge in [0, 0.05) is 29.6 Å². The minimum absolute atomic E-state index is 0.0542. The molecule has 1 atom stereocenters. The summed E-state index contributed by atoms with van der Waals surface area (Å²) in [4.78, 5) is 28.8. The van der Waals surface area contributed by atoms with E-state index in [2.05, 4.69) is 5.32 Å². The Morgan fingerprint density at radius 3 is 2.13 bits per heavy atom. The smallest absolute Gasteiger partial charge is 0.355 e. The van der Waals surface area contributed by atoms with Gasteiger partial charge in [0.1, 0.15) is 12.6 Å². The molecule has 4 rings (SSSR count). The molecule has 242 valence electrons. The molecule has 4 aromatic rings. The number of benzene rings is 4. The quantitative estimate of drug-likeness (QED) is 0.174. The topological polar surface area (TPSA) is 86.8 Å². The van der Waals surface area contributed by atoms with E-state index in [9.17, 15) is 31.2 Å². The van der Waals surface area contributed by atoms with Crippen molar-refractivity contribution in [3.05, 3.63) is 130 Å². The van der Waals surface area contributed by atoms with Crippen molar-refractivity contribution in [3.8, 4) is 0 Å². The first kappa shape index (κ1) is 34.8. The average Bonchev–Trinajstić information content (AvgIpc) is 3.03. The van der Waals surface area contributed by atoms with Gasteiger partial charge in [-0.25, -0.2) is 8.42 Å². The van der Waals surface area contributed by atoms with Crippen LogP contribution in [0.15, 0.2) is 108 Å². The van der Waals surface area contributed by atoms with Crippen molar-refractivity contribution in [2.45, 2.75) is 37.0 Å². The Balaban J connectivity index is 1.85. The Bertz CT molecular complexity index is 1780. The maximum absolute atomic E-state index is 14.4. The van der Waals surface area contributed by atoms with Gasteiger partial charge in [0.25, 0.3) is 10.0 Å². The normalized spacial score (nSPS) is 12.3. The highest BCUT2D eigenvalue weighted by Crippen LogP contribution is 2.33. The summed E-state index contributed by atoms with van der Waals surface area (Å²) in [5.74, 6) is -1.36. The highest BCUT2D eigenvalue weighted by molar-refractivity contribution is 7.92. The van der Waals surface area contributed by atoms with Gasteiger partial charge < -0.3 is 10.2 Å². The van der Waals surface area contributed by atoms with Gasteiger partial charge in [-0.05, 0) is 60.5 Å². The lowest BCUT2D eigenvalue weighted by atomic mass is 10.0. The number of carbonyl (C=O) groups is 2. The van der Waals surface area contributed by atoms with Crippen molar-refractivity contribution >= 4 is 50.7 Å². The fourth-order valence-electron chi connectivity index (χ4n) is 4.77. The van der Waals surface area contributed by atoms with E-state index >= 15 is 0 Å². The summed E-state index contributed by atoms with van der Waals surface area (Å²) in [5, 5.41) is 3.27. The van der Waals surface area contributed by atoms with Gasteiger partial charge >= 0.3 is 6.18 Å². The van der Waals surface area contributed by atoms with Crippen molar-refractivity contribution in [1.29, 1.82) is 0 Å². The zero-order chi connectivity index (χ0) is 33.5. The molecule has 0 aliphatic carbocycles. The van der Waals surface area contributed by atoms with Crippen LogP contribution < -0.4 is 9.62 Å². The van der Waals surface area contributed by atoms with Crippen LogP contribution in [0.3, 0.4) is 0 Å². The van der Waals surface area contributed by atoms with E-state index in [1.54, 1.807) is 55.5 Å². The number of hydrogen-bond donors (Lipinski definition) is 1. The number of halogens is 5. The second kappa shape index (κ2) is 15.0. The van der Waals surface area contributed by atoms with Crippen LogP contribution in [-0.4, -0.2) is 44.3 Å². The molecule has 13 heteroatoms. The Hall–Kier alpha value is -4.06. The number of nitrogens with one attached hydrogen (secondary N) is 1. The van der Waals surface area contributed by atoms with Gasteiger partial charge in [0.15, 0.2) is 0 Å². The number of alkyl halides is 3. The summed E-state index contributed by atoms with van der Waals surface area (Å²) in [6.07, 6.45) is -4.72.